The molecule has 0 aliphatic carbocycles. The Labute approximate surface area is 137 Å². The molecule has 3 nitrogen and oxygen atoms in total. The number of aliphatic imine (C=N–C) groups is 1. The molecule has 0 N–H and O–H groups in total. The van der Waals surface area contributed by atoms with E-state index in [1.807, 2.05) is 54.3 Å². The van der Waals surface area contributed by atoms with Gasteiger partial charge >= 0.3 is 137 Å². The van der Waals surface area contributed by atoms with Crippen molar-refractivity contribution in [3.05, 3.63) is 59.7 Å². The van der Waals surface area contributed by atoms with Crippen LogP contribution < -0.4 is 4.90 Å². The number of carbonyl (C=O) groups excluding carboxylic acids is 1. The summed E-state index contributed by atoms with van der Waals surface area (Å²) in [5, 5.41) is 0.929. The maximum atomic E-state index is 12.5. The van der Waals surface area contributed by atoms with E-state index >= 15 is 0 Å². The number of hydrogen-bond acceptors (Lipinski definition) is 2. The fourth-order valence-electron chi connectivity index (χ4n) is 2.44. The molecule has 3 rings (SSSR count). The standard InChI is InChI=1S/C18H18N2OSe/c1-13-7-3-5-9-15(13)19-18-20(17(21)11-12-22-18)16-10-6-4-8-14(16)2/h3-10H,11-12H2,1-2H3. The van der Waals surface area contributed by atoms with Gasteiger partial charge in [0.15, 0.2) is 0 Å². The zero-order chi connectivity index (χ0) is 15.5. The first-order valence-corrected chi connectivity index (χ1v) is 9.39. The van der Waals surface area contributed by atoms with E-state index in [4.69, 9.17) is 4.99 Å². The van der Waals surface area contributed by atoms with Crippen molar-refractivity contribution in [2.24, 2.45) is 4.99 Å². The zero-order valence-electron chi connectivity index (χ0n) is 12.7. The Morgan fingerprint density at radius 1 is 1.00 bits per heavy atom. The van der Waals surface area contributed by atoms with Gasteiger partial charge in [-0.05, 0) is 0 Å². The van der Waals surface area contributed by atoms with E-state index in [1.165, 1.54) is 0 Å². The van der Waals surface area contributed by atoms with Crippen LogP contribution in [-0.2, 0) is 4.79 Å². The van der Waals surface area contributed by atoms with Crippen LogP contribution in [0.15, 0.2) is 53.5 Å². The van der Waals surface area contributed by atoms with Crippen LogP contribution in [0.1, 0.15) is 17.5 Å². The van der Waals surface area contributed by atoms with Crippen LogP contribution in [0.4, 0.5) is 11.4 Å². The summed E-state index contributed by atoms with van der Waals surface area (Å²) in [5.74, 6) is 0.148. The quantitative estimate of drug-likeness (QED) is 0.752. The number of amidine groups is 1. The summed E-state index contributed by atoms with van der Waals surface area (Å²) in [6.45, 7) is 4.09. The van der Waals surface area contributed by atoms with Gasteiger partial charge in [-0.15, -0.1) is 0 Å². The third-order valence-corrected chi connectivity index (χ3v) is 5.65. The van der Waals surface area contributed by atoms with Crippen LogP contribution in [-0.4, -0.2) is 25.6 Å². The fraction of sp³-hybridized carbons (Fsp3) is 0.222. The number of para-hydroxylation sites is 2. The summed E-state index contributed by atoms with van der Waals surface area (Å²) in [6.07, 6.45) is 0.612. The van der Waals surface area contributed by atoms with Gasteiger partial charge in [-0.3, -0.25) is 0 Å². The van der Waals surface area contributed by atoms with Gasteiger partial charge in [-0.1, -0.05) is 0 Å². The molecule has 0 bridgehead atoms. The Bertz CT molecular complexity index is 739. The summed E-state index contributed by atoms with van der Waals surface area (Å²) in [5.41, 5.74) is 4.15. The van der Waals surface area contributed by atoms with Crippen molar-refractivity contribution in [2.45, 2.75) is 25.6 Å². The third kappa shape index (κ3) is 2.99. The SMILES string of the molecule is Cc1ccccc1N=C1[Se]CCC(=O)N1c1ccccc1C. The summed E-state index contributed by atoms with van der Waals surface area (Å²) < 4.78 is 0.910. The number of anilines is 1. The Morgan fingerprint density at radius 3 is 2.41 bits per heavy atom. The number of carbonyl (C=O) groups is 1. The minimum absolute atomic E-state index is 0.148. The molecule has 2 aromatic rings. The summed E-state index contributed by atoms with van der Waals surface area (Å²) in [7, 11) is 0. The molecule has 0 radical (unpaired) electrons. The summed E-state index contributed by atoms with van der Waals surface area (Å²) in [4.78, 5) is 19.1. The molecule has 0 aromatic heterocycles. The van der Waals surface area contributed by atoms with Gasteiger partial charge in [-0.25, -0.2) is 0 Å². The van der Waals surface area contributed by atoms with E-state index in [0.29, 0.717) is 6.42 Å². The topological polar surface area (TPSA) is 32.7 Å². The van der Waals surface area contributed by atoms with E-state index in [2.05, 4.69) is 13.0 Å². The molecule has 4 heteroatoms. The Hall–Kier alpha value is -1.90. The molecular formula is C18H18N2OSe. The molecule has 1 amide bonds. The third-order valence-electron chi connectivity index (χ3n) is 3.68. The van der Waals surface area contributed by atoms with Crippen molar-refractivity contribution in [1.82, 2.24) is 0 Å². The van der Waals surface area contributed by atoms with Gasteiger partial charge in [0.1, 0.15) is 0 Å². The first-order chi connectivity index (χ1) is 10.7. The van der Waals surface area contributed by atoms with E-state index in [-0.39, 0.29) is 20.9 Å². The van der Waals surface area contributed by atoms with Gasteiger partial charge < -0.3 is 0 Å². The second-order valence-electron chi connectivity index (χ2n) is 5.29. The van der Waals surface area contributed by atoms with Gasteiger partial charge in [0.25, 0.3) is 0 Å². The number of aryl methyl sites for hydroxylation is 2. The van der Waals surface area contributed by atoms with E-state index in [0.717, 1.165) is 32.6 Å². The number of hydrogen-bond donors (Lipinski definition) is 0. The molecule has 112 valence electrons. The molecule has 0 spiro atoms. The van der Waals surface area contributed by atoms with Crippen molar-refractivity contribution in [3.63, 3.8) is 0 Å². The zero-order valence-corrected chi connectivity index (χ0v) is 14.5. The predicted molar refractivity (Wildman–Crippen MR) is 92.1 cm³/mol. The maximum absolute atomic E-state index is 12.5. The van der Waals surface area contributed by atoms with Crippen molar-refractivity contribution in [1.29, 1.82) is 0 Å². The van der Waals surface area contributed by atoms with Crippen molar-refractivity contribution < 1.29 is 4.79 Å². The van der Waals surface area contributed by atoms with Crippen molar-refractivity contribution >= 4 is 37.0 Å². The number of nitrogens with zero attached hydrogens (tertiary/aromatic N) is 2. The molecule has 1 heterocycles. The first-order valence-electron chi connectivity index (χ1n) is 7.32. The van der Waals surface area contributed by atoms with Crippen LogP contribution in [0.25, 0.3) is 0 Å². The van der Waals surface area contributed by atoms with Crippen LogP contribution in [0, 0.1) is 13.8 Å². The van der Waals surface area contributed by atoms with E-state index in [1.54, 1.807) is 0 Å². The second kappa shape index (κ2) is 6.47. The molecule has 2 aromatic carbocycles. The van der Waals surface area contributed by atoms with E-state index in [9.17, 15) is 4.79 Å². The van der Waals surface area contributed by atoms with Crippen LogP contribution in [0.5, 0.6) is 0 Å². The molecular weight excluding hydrogens is 339 g/mol. The average molecular weight is 357 g/mol. The van der Waals surface area contributed by atoms with Crippen LogP contribution >= 0.6 is 0 Å². The molecule has 1 aliphatic rings. The summed E-state index contributed by atoms with van der Waals surface area (Å²) in [6, 6.07) is 16.1. The van der Waals surface area contributed by atoms with Crippen molar-refractivity contribution in [2.75, 3.05) is 4.90 Å². The number of rotatable bonds is 2. The van der Waals surface area contributed by atoms with Gasteiger partial charge in [0.05, 0.1) is 0 Å². The molecule has 0 saturated carbocycles. The van der Waals surface area contributed by atoms with Crippen molar-refractivity contribution in [3.8, 4) is 0 Å². The van der Waals surface area contributed by atoms with Crippen LogP contribution in [0.2, 0.25) is 5.32 Å². The summed E-state index contributed by atoms with van der Waals surface area (Å²) >= 11 is 0.221. The fourth-order valence-corrected chi connectivity index (χ4v) is 4.43. The Kier molecular flexibility index (Phi) is 4.41. The molecule has 0 atom stereocenters. The normalized spacial score (nSPS) is 17.1. The Balaban J connectivity index is 2.07. The average Bonchev–Trinajstić information content (AvgIpc) is 2.51. The van der Waals surface area contributed by atoms with Gasteiger partial charge in [0, 0.05) is 0 Å². The molecule has 0 unspecified atom stereocenters. The predicted octanol–water partition coefficient (Wildman–Crippen LogP) is 3.85. The molecule has 1 saturated heterocycles. The number of benzene rings is 2. The second-order valence-corrected chi connectivity index (χ2v) is 7.52. The van der Waals surface area contributed by atoms with Crippen LogP contribution in [0.3, 0.4) is 0 Å². The van der Waals surface area contributed by atoms with Gasteiger partial charge in [0.2, 0.25) is 0 Å². The minimum atomic E-state index is 0.148. The van der Waals surface area contributed by atoms with Gasteiger partial charge in [-0.2, -0.15) is 0 Å². The Morgan fingerprint density at radius 2 is 1.68 bits per heavy atom. The molecule has 22 heavy (non-hydrogen) atoms. The monoisotopic (exact) mass is 358 g/mol. The first kappa shape index (κ1) is 15.0. The molecule has 1 aliphatic heterocycles. The van der Waals surface area contributed by atoms with E-state index < -0.39 is 0 Å². The number of amides is 1. The molecule has 1 fully saturated rings.